The summed E-state index contributed by atoms with van der Waals surface area (Å²) in [5.41, 5.74) is 8.63. The van der Waals surface area contributed by atoms with Crippen LogP contribution in [0.5, 0.6) is 0 Å². The Morgan fingerprint density at radius 1 is 1.44 bits per heavy atom. The van der Waals surface area contributed by atoms with Crippen LogP contribution in [0.4, 0.5) is 0 Å². The molecule has 2 rings (SSSR count). The van der Waals surface area contributed by atoms with E-state index in [1.54, 1.807) is 4.90 Å². The summed E-state index contributed by atoms with van der Waals surface area (Å²) >= 11 is 5.04. The van der Waals surface area contributed by atoms with Gasteiger partial charge in [-0.3, -0.25) is 4.79 Å². The van der Waals surface area contributed by atoms with Crippen LogP contribution in [0.3, 0.4) is 0 Å². The van der Waals surface area contributed by atoms with Crippen molar-refractivity contribution in [2.75, 3.05) is 6.54 Å². The highest BCUT2D eigenvalue weighted by Crippen LogP contribution is 2.22. The second-order valence-corrected chi connectivity index (χ2v) is 5.35. The van der Waals surface area contributed by atoms with Crippen LogP contribution >= 0.6 is 12.2 Å². The van der Waals surface area contributed by atoms with Gasteiger partial charge in [-0.15, -0.1) is 0 Å². The van der Waals surface area contributed by atoms with E-state index in [9.17, 15) is 4.79 Å². The third-order valence-corrected chi connectivity index (χ3v) is 3.73. The van der Waals surface area contributed by atoms with E-state index in [2.05, 4.69) is 0 Å². The Morgan fingerprint density at radius 2 is 2.17 bits per heavy atom. The van der Waals surface area contributed by atoms with Crippen molar-refractivity contribution in [1.29, 1.82) is 0 Å². The number of thiocarbonyl (C=S) groups is 1. The van der Waals surface area contributed by atoms with Crippen molar-refractivity contribution in [3.8, 4) is 0 Å². The molecule has 3 nitrogen and oxygen atoms in total. The number of aryl methyl sites for hydroxylation is 2. The minimum atomic E-state index is -0.0757. The van der Waals surface area contributed by atoms with Crippen LogP contribution in [-0.4, -0.2) is 28.4 Å². The lowest BCUT2D eigenvalue weighted by atomic mass is 10.0. The third kappa shape index (κ3) is 2.38. The van der Waals surface area contributed by atoms with E-state index in [1.165, 1.54) is 0 Å². The number of hydrogen-bond acceptors (Lipinski definition) is 2. The molecule has 0 bridgehead atoms. The van der Waals surface area contributed by atoms with Gasteiger partial charge >= 0.3 is 0 Å². The molecule has 96 valence electrons. The van der Waals surface area contributed by atoms with Gasteiger partial charge < -0.3 is 10.6 Å². The van der Waals surface area contributed by atoms with E-state index < -0.39 is 0 Å². The number of rotatable bonds is 2. The molecule has 1 saturated heterocycles. The smallest absolute Gasteiger partial charge is 0.254 e. The molecule has 0 aromatic heterocycles. The lowest BCUT2D eigenvalue weighted by Crippen LogP contribution is -2.43. The summed E-state index contributed by atoms with van der Waals surface area (Å²) in [5, 5.41) is 0. The van der Waals surface area contributed by atoms with Crippen molar-refractivity contribution < 1.29 is 4.79 Å². The van der Waals surface area contributed by atoms with Crippen molar-refractivity contribution in [1.82, 2.24) is 4.90 Å². The van der Waals surface area contributed by atoms with Crippen LogP contribution in [0, 0.1) is 13.8 Å². The molecule has 4 heteroatoms. The van der Waals surface area contributed by atoms with Gasteiger partial charge in [-0.25, -0.2) is 0 Å². The van der Waals surface area contributed by atoms with Gasteiger partial charge in [0.1, 0.15) is 0 Å². The molecule has 1 aliphatic rings. The van der Waals surface area contributed by atoms with Crippen molar-refractivity contribution in [3.05, 3.63) is 34.9 Å². The third-order valence-electron chi connectivity index (χ3n) is 3.45. The highest BCUT2D eigenvalue weighted by molar-refractivity contribution is 7.80. The van der Waals surface area contributed by atoms with E-state index in [0.29, 0.717) is 4.99 Å². The maximum Gasteiger partial charge on any atom is 0.254 e. The van der Waals surface area contributed by atoms with Crippen molar-refractivity contribution >= 4 is 23.1 Å². The van der Waals surface area contributed by atoms with Gasteiger partial charge in [-0.2, -0.15) is 0 Å². The second-order valence-electron chi connectivity index (χ2n) is 4.88. The summed E-state index contributed by atoms with van der Waals surface area (Å²) in [5.74, 6) is 0.0443. The van der Waals surface area contributed by atoms with Crippen molar-refractivity contribution in [2.45, 2.75) is 32.7 Å². The molecular formula is C14H18N2OS. The number of nitrogens with zero attached hydrogens (tertiary/aromatic N) is 1. The maximum absolute atomic E-state index is 12.5. The molecule has 0 aliphatic carbocycles. The molecule has 1 fully saturated rings. The molecule has 0 radical (unpaired) electrons. The van der Waals surface area contributed by atoms with Crippen molar-refractivity contribution in [3.63, 3.8) is 0 Å². The maximum atomic E-state index is 12.5. The lowest BCUT2D eigenvalue weighted by Gasteiger charge is -2.24. The summed E-state index contributed by atoms with van der Waals surface area (Å²) in [7, 11) is 0. The van der Waals surface area contributed by atoms with Gasteiger partial charge in [0.15, 0.2) is 0 Å². The first-order chi connectivity index (χ1) is 8.50. The zero-order valence-electron chi connectivity index (χ0n) is 10.8. The number of carbonyl (C=O) groups excluding carboxylic acids is 1. The van der Waals surface area contributed by atoms with E-state index in [0.717, 1.165) is 36.1 Å². The zero-order chi connectivity index (χ0) is 13.3. The summed E-state index contributed by atoms with van der Waals surface area (Å²) in [6.07, 6.45) is 1.85. The number of carbonyl (C=O) groups is 1. The summed E-state index contributed by atoms with van der Waals surface area (Å²) < 4.78 is 0. The fourth-order valence-electron chi connectivity index (χ4n) is 2.51. The lowest BCUT2D eigenvalue weighted by molar-refractivity contribution is 0.0769. The van der Waals surface area contributed by atoms with E-state index >= 15 is 0 Å². The van der Waals surface area contributed by atoms with Crippen LogP contribution in [0.15, 0.2) is 18.2 Å². The largest absolute Gasteiger partial charge is 0.392 e. The standard InChI is InChI=1S/C14H18N2OS/c1-9-5-6-11(10(2)8-9)14(17)16-7-3-4-12(16)13(15)18/h5-6,8,12H,3-4,7H2,1-2H3,(H2,15,18). The summed E-state index contributed by atoms with van der Waals surface area (Å²) in [4.78, 5) is 14.7. The minimum Gasteiger partial charge on any atom is -0.392 e. The monoisotopic (exact) mass is 262 g/mol. The average Bonchev–Trinajstić information content (AvgIpc) is 2.77. The van der Waals surface area contributed by atoms with Crippen LogP contribution in [0.25, 0.3) is 0 Å². The molecule has 1 aliphatic heterocycles. The van der Waals surface area contributed by atoms with E-state index in [4.69, 9.17) is 18.0 Å². The minimum absolute atomic E-state index is 0.0443. The molecule has 2 N–H and O–H groups in total. The number of likely N-dealkylation sites (tertiary alicyclic amines) is 1. The summed E-state index contributed by atoms with van der Waals surface area (Å²) in [6, 6.07) is 5.81. The van der Waals surface area contributed by atoms with Crippen LogP contribution < -0.4 is 5.73 Å². The van der Waals surface area contributed by atoms with Gasteiger partial charge in [0.05, 0.1) is 11.0 Å². The fraction of sp³-hybridized carbons (Fsp3) is 0.429. The number of hydrogen-bond donors (Lipinski definition) is 1. The van der Waals surface area contributed by atoms with Gasteiger partial charge in [-0.05, 0) is 38.3 Å². The van der Waals surface area contributed by atoms with Gasteiger partial charge in [0.25, 0.3) is 5.91 Å². The Labute approximate surface area is 113 Å². The Bertz CT molecular complexity index is 499. The highest BCUT2D eigenvalue weighted by atomic mass is 32.1. The van der Waals surface area contributed by atoms with E-state index in [1.807, 2.05) is 32.0 Å². The van der Waals surface area contributed by atoms with Crippen LogP contribution in [0.1, 0.15) is 34.3 Å². The first-order valence-electron chi connectivity index (χ1n) is 6.18. The molecule has 1 amide bonds. The predicted octanol–water partition coefficient (Wildman–Crippen LogP) is 2.19. The molecule has 1 aromatic carbocycles. The first kappa shape index (κ1) is 13.0. The number of nitrogens with two attached hydrogens (primary N) is 1. The molecule has 1 heterocycles. The highest BCUT2D eigenvalue weighted by Gasteiger charge is 2.31. The van der Waals surface area contributed by atoms with E-state index in [-0.39, 0.29) is 11.9 Å². The fourth-order valence-corrected chi connectivity index (χ4v) is 2.76. The normalized spacial score (nSPS) is 19.0. The number of benzene rings is 1. The predicted molar refractivity (Wildman–Crippen MR) is 76.8 cm³/mol. The Kier molecular flexibility index (Phi) is 3.66. The molecule has 0 spiro atoms. The Morgan fingerprint density at radius 3 is 2.78 bits per heavy atom. The molecular weight excluding hydrogens is 244 g/mol. The van der Waals surface area contributed by atoms with Gasteiger partial charge in [0, 0.05) is 12.1 Å². The zero-order valence-corrected chi connectivity index (χ0v) is 11.6. The van der Waals surface area contributed by atoms with Gasteiger partial charge in [0.2, 0.25) is 0 Å². The quantitative estimate of drug-likeness (QED) is 0.831. The molecule has 1 atom stereocenters. The van der Waals surface area contributed by atoms with Crippen LogP contribution in [0.2, 0.25) is 0 Å². The molecule has 18 heavy (non-hydrogen) atoms. The average molecular weight is 262 g/mol. The molecule has 0 saturated carbocycles. The SMILES string of the molecule is Cc1ccc(C(=O)N2CCCC2C(N)=S)c(C)c1. The van der Waals surface area contributed by atoms with Gasteiger partial charge in [-0.1, -0.05) is 29.9 Å². The number of amides is 1. The topological polar surface area (TPSA) is 46.3 Å². The summed E-state index contributed by atoms with van der Waals surface area (Å²) in [6.45, 7) is 4.73. The Hall–Kier alpha value is -1.42. The van der Waals surface area contributed by atoms with Crippen LogP contribution in [-0.2, 0) is 0 Å². The molecule has 1 aromatic rings. The first-order valence-corrected chi connectivity index (χ1v) is 6.59. The molecule has 1 unspecified atom stereocenters. The second kappa shape index (κ2) is 5.06. The Balaban J connectivity index is 2.28. The van der Waals surface area contributed by atoms with Crippen molar-refractivity contribution in [2.24, 2.45) is 5.73 Å².